The third-order valence-electron chi connectivity index (χ3n) is 6.49. The molecule has 1 heterocycles. The van der Waals surface area contributed by atoms with E-state index in [1.54, 1.807) is 6.92 Å². The first-order chi connectivity index (χ1) is 16.9. The number of piperazine rings is 1. The molecule has 0 amide bonds. The Bertz CT molecular complexity index is 1160. The van der Waals surface area contributed by atoms with Crippen LogP contribution in [0.5, 0.6) is 5.75 Å². The van der Waals surface area contributed by atoms with Crippen LogP contribution >= 0.6 is 11.6 Å². The number of nitriles is 1. The lowest BCUT2D eigenvalue weighted by Gasteiger charge is -2.44. The molecule has 182 valence electrons. The number of hydrogen-bond acceptors (Lipinski definition) is 5. The fraction of sp³-hybridized carbons (Fsp3) is 0.345. The Morgan fingerprint density at radius 2 is 1.83 bits per heavy atom. The summed E-state index contributed by atoms with van der Waals surface area (Å²) in [5.74, 6) is 0.774. The first-order valence-corrected chi connectivity index (χ1v) is 12.5. The predicted octanol–water partition coefficient (Wildman–Crippen LogP) is 5.39. The van der Waals surface area contributed by atoms with Gasteiger partial charge in [0.2, 0.25) is 0 Å². The standard InChI is InChI=1S/C29H32ClN3O2/c1-21-17-27(35-20-22(2)34)11-12-28(21)33-16-15-32(14-13-23-3-5-24(18-31)6-4-23)19-29(33)25-7-9-26(30)10-8-25/h3-12,17,22,29,34H,13-16,19-20H2,1-2H3/t22?,29-/m0/s1. The van der Waals surface area contributed by atoms with Gasteiger partial charge in [0.05, 0.1) is 23.8 Å². The van der Waals surface area contributed by atoms with Gasteiger partial charge in [0.15, 0.2) is 0 Å². The Balaban J connectivity index is 1.51. The summed E-state index contributed by atoms with van der Waals surface area (Å²) < 4.78 is 5.71. The smallest absolute Gasteiger partial charge is 0.119 e. The zero-order chi connectivity index (χ0) is 24.8. The average Bonchev–Trinajstić information content (AvgIpc) is 2.87. The molecule has 5 nitrogen and oxygen atoms in total. The molecule has 1 aliphatic heterocycles. The number of ether oxygens (including phenoxy) is 1. The molecule has 6 heteroatoms. The van der Waals surface area contributed by atoms with Crippen molar-refractivity contribution in [1.82, 2.24) is 4.90 Å². The van der Waals surface area contributed by atoms with Crippen molar-refractivity contribution in [3.05, 3.63) is 94.0 Å². The van der Waals surface area contributed by atoms with Gasteiger partial charge in [0.1, 0.15) is 12.4 Å². The van der Waals surface area contributed by atoms with Crippen LogP contribution in [0, 0.1) is 18.3 Å². The minimum Gasteiger partial charge on any atom is -0.491 e. The van der Waals surface area contributed by atoms with Gasteiger partial charge in [-0.15, -0.1) is 0 Å². The highest BCUT2D eigenvalue weighted by atomic mass is 35.5. The van der Waals surface area contributed by atoms with Crippen molar-refractivity contribution in [3.63, 3.8) is 0 Å². The van der Waals surface area contributed by atoms with Crippen molar-refractivity contribution in [2.75, 3.05) is 37.7 Å². The van der Waals surface area contributed by atoms with Gasteiger partial charge in [-0.1, -0.05) is 35.9 Å². The highest BCUT2D eigenvalue weighted by molar-refractivity contribution is 6.30. The molecule has 0 bridgehead atoms. The van der Waals surface area contributed by atoms with E-state index in [4.69, 9.17) is 21.6 Å². The van der Waals surface area contributed by atoms with E-state index in [0.717, 1.165) is 48.9 Å². The molecule has 1 aliphatic rings. The Hall–Kier alpha value is -3.04. The molecule has 35 heavy (non-hydrogen) atoms. The summed E-state index contributed by atoms with van der Waals surface area (Å²) in [7, 11) is 0. The highest BCUT2D eigenvalue weighted by Crippen LogP contribution is 2.35. The van der Waals surface area contributed by atoms with Crippen LogP contribution in [-0.2, 0) is 6.42 Å². The molecule has 3 aromatic carbocycles. The van der Waals surface area contributed by atoms with Gasteiger partial charge in [0.25, 0.3) is 0 Å². The van der Waals surface area contributed by atoms with Crippen LogP contribution in [0.15, 0.2) is 66.7 Å². The fourth-order valence-corrected chi connectivity index (χ4v) is 4.72. The van der Waals surface area contributed by atoms with E-state index in [2.05, 4.69) is 53.1 Å². The van der Waals surface area contributed by atoms with Crippen LogP contribution in [0.1, 0.15) is 35.2 Å². The van der Waals surface area contributed by atoms with Gasteiger partial charge in [-0.2, -0.15) is 5.26 Å². The first-order valence-electron chi connectivity index (χ1n) is 12.1. The Morgan fingerprint density at radius 1 is 1.09 bits per heavy atom. The Labute approximate surface area is 213 Å². The highest BCUT2D eigenvalue weighted by Gasteiger charge is 2.29. The number of benzene rings is 3. The van der Waals surface area contributed by atoms with Crippen molar-refractivity contribution >= 4 is 17.3 Å². The van der Waals surface area contributed by atoms with Gasteiger partial charge >= 0.3 is 0 Å². The third-order valence-corrected chi connectivity index (χ3v) is 6.74. The maximum absolute atomic E-state index is 9.53. The number of nitrogens with zero attached hydrogens (tertiary/aromatic N) is 3. The average molecular weight is 490 g/mol. The Morgan fingerprint density at radius 3 is 2.49 bits per heavy atom. The monoisotopic (exact) mass is 489 g/mol. The van der Waals surface area contributed by atoms with E-state index >= 15 is 0 Å². The third kappa shape index (κ3) is 6.55. The maximum atomic E-state index is 9.53. The SMILES string of the molecule is Cc1cc(OCC(C)O)ccc1N1CCN(CCc2ccc(C#N)cc2)C[C@H]1c1ccc(Cl)cc1. The number of aliphatic hydroxyl groups excluding tert-OH is 1. The second-order valence-electron chi connectivity index (χ2n) is 9.23. The zero-order valence-corrected chi connectivity index (χ0v) is 21.1. The zero-order valence-electron chi connectivity index (χ0n) is 20.3. The van der Waals surface area contributed by atoms with E-state index < -0.39 is 6.10 Å². The van der Waals surface area contributed by atoms with Gasteiger partial charge in [-0.05, 0) is 79.4 Å². The van der Waals surface area contributed by atoms with E-state index in [1.165, 1.54) is 16.8 Å². The first kappa shape index (κ1) is 25.1. The van der Waals surface area contributed by atoms with E-state index in [9.17, 15) is 5.11 Å². The van der Waals surface area contributed by atoms with Crippen LogP contribution in [0.25, 0.3) is 0 Å². The summed E-state index contributed by atoms with van der Waals surface area (Å²) >= 11 is 6.19. The summed E-state index contributed by atoms with van der Waals surface area (Å²) in [6.45, 7) is 7.88. The molecule has 1 N–H and O–H groups in total. The summed E-state index contributed by atoms with van der Waals surface area (Å²) in [6, 6.07) is 24.6. The largest absolute Gasteiger partial charge is 0.491 e. The molecule has 0 spiro atoms. The summed E-state index contributed by atoms with van der Waals surface area (Å²) in [6.07, 6.45) is 0.453. The van der Waals surface area contributed by atoms with Crippen molar-refractivity contribution in [2.24, 2.45) is 0 Å². The lowest BCUT2D eigenvalue weighted by atomic mass is 9.99. The van der Waals surface area contributed by atoms with Crippen molar-refractivity contribution < 1.29 is 9.84 Å². The van der Waals surface area contributed by atoms with Gasteiger partial charge in [-0.3, -0.25) is 4.90 Å². The van der Waals surface area contributed by atoms with Crippen molar-refractivity contribution in [1.29, 1.82) is 5.26 Å². The number of rotatable bonds is 8. The molecular weight excluding hydrogens is 458 g/mol. The van der Waals surface area contributed by atoms with E-state index in [1.807, 2.05) is 36.4 Å². The molecule has 4 rings (SSSR count). The Kier molecular flexibility index (Phi) is 8.30. The number of aliphatic hydroxyl groups is 1. The molecule has 3 aromatic rings. The lowest BCUT2D eigenvalue weighted by molar-refractivity contribution is 0.122. The molecule has 1 unspecified atom stereocenters. The van der Waals surface area contributed by atoms with E-state index in [0.29, 0.717) is 5.56 Å². The van der Waals surface area contributed by atoms with Crippen LogP contribution in [-0.4, -0.2) is 48.9 Å². The van der Waals surface area contributed by atoms with Crippen LogP contribution in [0.3, 0.4) is 0 Å². The van der Waals surface area contributed by atoms with Crippen LogP contribution < -0.4 is 9.64 Å². The number of hydrogen-bond donors (Lipinski definition) is 1. The second-order valence-corrected chi connectivity index (χ2v) is 9.66. The molecule has 0 aromatic heterocycles. The number of anilines is 1. The topological polar surface area (TPSA) is 59.7 Å². The van der Waals surface area contributed by atoms with Crippen molar-refractivity contribution in [2.45, 2.75) is 32.4 Å². The van der Waals surface area contributed by atoms with Gasteiger partial charge in [0, 0.05) is 36.9 Å². The van der Waals surface area contributed by atoms with Crippen molar-refractivity contribution in [3.8, 4) is 11.8 Å². The summed E-state index contributed by atoms with van der Waals surface area (Å²) in [5.41, 5.74) is 5.53. The molecule has 1 fully saturated rings. The predicted molar refractivity (Wildman–Crippen MR) is 141 cm³/mol. The van der Waals surface area contributed by atoms with Crippen LogP contribution in [0.2, 0.25) is 5.02 Å². The molecule has 0 saturated carbocycles. The maximum Gasteiger partial charge on any atom is 0.119 e. The molecule has 0 radical (unpaired) electrons. The number of halogens is 1. The molecule has 2 atom stereocenters. The lowest BCUT2D eigenvalue weighted by Crippen LogP contribution is -2.49. The quantitative estimate of drug-likeness (QED) is 0.460. The molecular formula is C29H32ClN3O2. The van der Waals surface area contributed by atoms with Gasteiger partial charge in [-0.25, -0.2) is 0 Å². The normalized spacial score (nSPS) is 17.1. The van der Waals surface area contributed by atoms with Crippen LogP contribution in [0.4, 0.5) is 5.69 Å². The second kappa shape index (κ2) is 11.6. The summed E-state index contributed by atoms with van der Waals surface area (Å²) in [4.78, 5) is 5.00. The minimum absolute atomic E-state index is 0.199. The van der Waals surface area contributed by atoms with Gasteiger partial charge < -0.3 is 14.7 Å². The fourth-order valence-electron chi connectivity index (χ4n) is 4.59. The molecule has 0 aliphatic carbocycles. The van der Waals surface area contributed by atoms with E-state index in [-0.39, 0.29) is 12.6 Å². The summed E-state index contributed by atoms with van der Waals surface area (Å²) in [5, 5.41) is 19.3. The minimum atomic E-state index is -0.498. The number of aryl methyl sites for hydroxylation is 1. The molecule has 1 saturated heterocycles.